The van der Waals surface area contributed by atoms with Crippen LogP contribution in [0.1, 0.15) is 25.7 Å². The summed E-state index contributed by atoms with van der Waals surface area (Å²) in [5.41, 5.74) is 2.09. The second-order valence-corrected chi connectivity index (χ2v) is 6.58. The summed E-state index contributed by atoms with van der Waals surface area (Å²) in [6.45, 7) is 7.36. The summed E-state index contributed by atoms with van der Waals surface area (Å²) in [4.78, 5) is 16.2. The Hall–Kier alpha value is -1.43. The Kier molecular flexibility index (Phi) is 3.74. The Morgan fingerprint density at radius 2 is 2.20 bits per heavy atom. The average molecular weight is 292 g/mol. The first-order chi connectivity index (χ1) is 9.72. The molecule has 1 spiro atoms. The number of rotatable bonds is 3. The van der Waals surface area contributed by atoms with Crippen molar-refractivity contribution in [3.63, 3.8) is 0 Å². The zero-order valence-electron chi connectivity index (χ0n) is 11.6. The zero-order valence-corrected chi connectivity index (χ0v) is 12.4. The summed E-state index contributed by atoms with van der Waals surface area (Å²) in [6.07, 6.45) is 5.81. The highest BCUT2D eigenvalue weighted by Gasteiger charge is 2.40. The zero-order chi connectivity index (χ0) is 14.0. The van der Waals surface area contributed by atoms with E-state index in [1.54, 1.807) is 16.8 Å². The van der Waals surface area contributed by atoms with Gasteiger partial charge in [0.25, 0.3) is 0 Å². The van der Waals surface area contributed by atoms with Crippen molar-refractivity contribution in [3.8, 4) is 0 Å². The molecule has 3 rings (SSSR count). The molecule has 6 heteroatoms. The molecule has 2 aliphatic rings. The molecule has 0 bridgehead atoms. The van der Waals surface area contributed by atoms with E-state index in [0.717, 1.165) is 44.0 Å². The summed E-state index contributed by atoms with van der Waals surface area (Å²) in [5, 5.41) is 9.08. The molecule has 1 aromatic rings. The van der Waals surface area contributed by atoms with E-state index in [9.17, 15) is 4.79 Å². The van der Waals surface area contributed by atoms with Gasteiger partial charge in [-0.1, -0.05) is 17.4 Å². The monoisotopic (exact) mass is 292 g/mol. The first-order valence-electron chi connectivity index (χ1n) is 7.12. The highest BCUT2D eigenvalue weighted by atomic mass is 32.1. The highest BCUT2D eigenvalue weighted by molar-refractivity contribution is 7.13. The van der Waals surface area contributed by atoms with Gasteiger partial charge in [-0.2, -0.15) is 0 Å². The number of amides is 1. The van der Waals surface area contributed by atoms with Crippen molar-refractivity contribution in [2.75, 3.05) is 31.1 Å². The van der Waals surface area contributed by atoms with E-state index >= 15 is 0 Å². The minimum atomic E-state index is 0.280. The van der Waals surface area contributed by atoms with Crippen molar-refractivity contribution in [1.29, 1.82) is 0 Å². The van der Waals surface area contributed by atoms with E-state index in [2.05, 4.69) is 21.7 Å². The predicted molar refractivity (Wildman–Crippen MR) is 79.8 cm³/mol. The van der Waals surface area contributed by atoms with Gasteiger partial charge in [0.2, 0.25) is 11.0 Å². The number of carbonyl (C=O) groups excluding carboxylic acids is 1. The van der Waals surface area contributed by atoms with Gasteiger partial charge in [-0.3, -0.25) is 4.79 Å². The van der Waals surface area contributed by atoms with Crippen LogP contribution in [0.4, 0.5) is 5.13 Å². The minimum Gasteiger partial charge on any atom is -0.347 e. The van der Waals surface area contributed by atoms with Crippen LogP contribution in [0.5, 0.6) is 0 Å². The Balaban J connectivity index is 1.64. The standard InChI is InChI=1S/C14H20N4OS/c1-2-7-18-10-14(4-3-12(18)19)5-8-17(9-6-14)13-16-15-11-20-13/h2,11H,1,3-10H2. The minimum absolute atomic E-state index is 0.280. The molecule has 0 aliphatic carbocycles. The van der Waals surface area contributed by atoms with Crippen LogP contribution in [0.15, 0.2) is 18.2 Å². The van der Waals surface area contributed by atoms with Crippen molar-refractivity contribution < 1.29 is 4.79 Å². The molecule has 3 heterocycles. The fraction of sp³-hybridized carbons (Fsp3) is 0.643. The third-order valence-corrected chi connectivity index (χ3v) is 5.29. The lowest BCUT2D eigenvalue weighted by Gasteiger charge is -2.47. The number of piperidine rings is 2. The molecular weight excluding hydrogens is 272 g/mol. The fourth-order valence-corrected chi connectivity index (χ4v) is 3.92. The Morgan fingerprint density at radius 1 is 1.40 bits per heavy atom. The molecular formula is C14H20N4OS. The van der Waals surface area contributed by atoms with Gasteiger partial charge < -0.3 is 9.80 Å². The molecule has 0 saturated carbocycles. The molecule has 0 aromatic carbocycles. The van der Waals surface area contributed by atoms with Gasteiger partial charge in [-0.05, 0) is 24.7 Å². The molecule has 1 amide bonds. The van der Waals surface area contributed by atoms with E-state index in [1.807, 2.05) is 11.0 Å². The molecule has 2 saturated heterocycles. The van der Waals surface area contributed by atoms with Crippen LogP contribution in [0.2, 0.25) is 0 Å². The van der Waals surface area contributed by atoms with E-state index < -0.39 is 0 Å². The summed E-state index contributed by atoms with van der Waals surface area (Å²) in [6, 6.07) is 0. The average Bonchev–Trinajstić information content (AvgIpc) is 2.99. The number of nitrogens with zero attached hydrogens (tertiary/aromatic N) is 4. The number of aromatic nitrogens is 2. The first-order valence-corrected chi connectivity index (χ1v) is 8.00. The molecule has 0 unspecified atom stereocenters. The molecule has 2 fully saturated rings. The molecule has 0 radical (unpaired) electrons. The Morgan fingerprint density at radius 3 is 2.85 bits per heavy atom. The number of carbonyl (C=O) groups is 1. The third kappa shape index (κ3) is 2.57. The first kappa shape index (κ1) is 13.5. The topological polar surface area (TPSA) is 49.3 Å². The maximum Gasteiger partial charge on any atom is 0.222 e. The molecule has 0 atom stereocenters. The summed E-state index contributed by atoms with van der Waals surface area (Å²) in [7, 11) is 0. The molecule has 5 nitrogen and oxygen atoms in total. The van der Waals surface area contributed by atoms with Crippen molar-refractivity contribution in [1.82, 2.24) is 15.1 Å². The number of hydrogen-bond acceptors (Lipinski definition) is 5. The van der Waals surface area contributed by atoms with Gasteiger partial charge in [0, 0.05) is 32.6 Å². The molecule has 0 N–H and O–H groups in total. The lowest BCUT2D eigenvalue weighted by molar-refractivity contribution is -0.137. The second-order valence-electron chi connectivity index (χ2n) is 5.77. The smallest absolute Gasteiger partial charge is 0.222 e. The van der Waals surface area contributed by atoms with Crippen LogP contribution in [0.25, 0.3) is 0 Å². The maximum absolute atomic E-state index is 11.9. The summed E-state index contributed by atoms with van der Waals surface area (Å²) in [5.74, 6) is 0.280. The van der Waals surface area contributed by atoms with Crippen LogP contribution in [0.3, 0.4) is 0 Å². The normalized spacial score (nSPS) is 22.3. The van der Waals surface area contributed by atoms with E-state index in [4.69, 9.17) is 0 Å². The molecule has 2 aliphatic heterocycles. The Bertz CT molecular complexity index is 479. The lowest BCUT2D eigenvalue weighted by atomic mass is 9.72. The third-order valence-electron chi connectivity index (χ3n) is 4.54. The van der Waals surface area contributed by atoms with E-state index in [0.29, 0.717) is 18.4 Å². The number of likely N-dealkylation sites (tertiary alicyclic amines) is 1. The van der Waals surface area contributed by atoms with Gasteiger partial charge >= 0.3 is 0 Å². The van der Waals surface area contributed by atoms with Crippen LogP contribution >= 0.6 is 11.3 Å². The van der Waals surface area contributed by atoms with Crippen LogP contribution in [-0.4, -0.2) is 47.2 Å². The quantitative estimate of drug-likeness (QED) is 0.799. The molecule has 108 valence electrons. The van der Waals surface area contributed by atoms with E-state index in [-0.39, 0.29) is 5.91 Å². The number of anilines is 1. The number of hydrogen-bond donors (Lipinski definition) is 0. The largest absolute Gasteiger partial charge is 0.347 e. The van der Waals surface area contributed by atoms with Gasteiger partial charge in [-0.15, -0.1) is 16.8 Å². The SMILES string of the molecule is C=CCN1CC2(CCC1=O)CCN(c1nncs1)CC2. The second kappa shape index (κ2) is 5.52. The Labute approximate surface area is 123 Å². The van der Waals surface area contributed by atoms with Gasteiger partial charge in [0.15, 0.2) is 0 Å². The van der Waals surface area contributed by atoms with E-state index in [1.165, 1.54) is 0 Å². The van der Waals surface area contributed by atoms with Crippen LogP contribution in [-0.2, 0) is 4.79 Å². The maximum atomic E-state index is 11.9. The van der Waals surface area contributed by atoms with Crippen LogP contribution in [0, 0.1) is 5.41 Å². The van der Waals surface area contributed by atoms with Crippen molar-refractivity contribution in [2.24, 2.45) is 5.41 Å². The molecule has 20 heavy (non-hydrogen) atoms. The summed E-state index contributed by atoms with van der Waals surface area (Å²) >= 11 is 1.60. The van der Waals surface area contributed by atoms with Crippen molar-refractivity contribution >= 4 is 22.4 Å². The summed E-state index contributed by atoms with van der Waals surface area (Å²) < 4.78 is 0. The van der Waals surface area contributed by atoms with Crippen LogP contribution < -0.4 is 4.90 Å². The predicted octanol–water partition coefficient (Wildman–Crippen LogP) is 1.93. The van der Waals surface area contributed by atoms with Gasteiger partial charge in [-0.25, -0.2) is 0 Å². The van der Waals surface area contributed by atoms with Crippen molar-refractivity contribution in [3.05, 3.63) is 18.2 Å². The van der Waals surface area contributed by atoms with Gasteiger partial charge in [0.05, 0.1) is 0 Å². The van der Waals surface area contributed by atoms with Crippen molar-refractivity contribution in [2.45, 2.75) is 25.7 Å². The highest BCUT2D eigenvalue weighted by Crippen LogP contribution is 2.41. The van der Waals surface area contributed by atoms with Gasteiger partial charge in [0.1, 0.15) is 5.51 Å². The lowest BCUT2D eigenvalue weighted by Crippen LogP contribution is -2.51. The molecule has 1 aromatic heterocycles. The fourth-order valence-electron chi connectivity index (χ4n) is 3.31.